The number of nitrogens with two attached hydrogens (primary N) is 1. The van der Waals surface area contributed by atoms with Crippen molar-refractivity contribution in [2.75, 3.05) is 12.3 Å². The van der Waals surface area contributed by atoms with E-state index in [2.05, 4.69) is 35.5 Å². The van der Waals surface area contributed by atoms with Gasteiger partial charge in [0.2, 0.25) is 0 Å². The fourth-order valence-electron chi connectivity index (χ4n) is 2.67. The molecule has 2 aromatic heterocycles. The SMILES string of the molecule is C=C(C)NOCCCn1c(CCC)nc2c(N)nc(C)c(C)c21. The molecular weight excluding hydrogens is 290 g/mol. The van der Waals surface area contributed by atoms with E-state index in [0.29, 0.717) is 12.4 Å². The van der Waals surface area contributed by atoms with E-state index in [9.17, 15) is 0 Å². The molecule has 126 valence electrons. The first-order valence-corrected chi connectivity index (χ1v) is 8.10. The molecule has 0 fully saturated rings. The lowest BCUT2D eigenvalue weighted by atomic mass is 10.2. The molecule has 3 N–H and O–H groups in total. The molecule has 0 amide bonds. The molecule has 2 aromatic rings. The lowest BCUT2D eigenvalue weighted by molar-refractivity contribution is 0.0594. The van der Waals surface area contributed by atoms with E-state index in [-0.39, 0.29) is 0 Å². The summed E-state index contributed by atoms with van der Waals surface area (Å²) in [5, 5.41) is 0. The minimum atomic E-state index is 0.513. The number of rotatable bonds is 8. The summed E-state index contributed by atoms with van der Waals surface area (Å²) in [4.78, 5) is 14.5. The molecule has 0 bridgehead atoms. The zero-order valence-corrected chi connectivity index (χ0v) is 14.6. The summed E-state index contributed by atoms with van der Waals surface area (Å²) in [6, 6.07) is 0. The summed E-state index contributed by atoms with van der Waals surface area (Å²) in [5.41, 5.74) is 13.7. The van der Waals surface area contributed by atoms with Gasteiger partial charge in [0.1, 0.15) is 11.3 Å². The van der Waals surface area contributed by atoms with Gasteiger partial charge in [-0.3, -0.25) is 10.3 Å². The van der Waals surface area contributed by atoms with E-state index in [0.717, 1.165) is 59.6 Å². The Balaban J connectivity index is 2.28. The zero-order chi connectivity index (χ0) is 17.0. The second-order valence-corrected chi connectivity index (χ2v) is 5.92. The van der Waals surface area contributed by atoms with Gasteiger partial charge in [0.15, 0.2) is 5.82 Å². The second-order valence-electron chi connectivity index (χ2n) is 5.92. The molecule has 0 aliphatic heterocycles. The summed E-state index contributed by atoms with van der Waals surface area (Å²) in [7, 11) is 0. The minimum Gasteiger partial charge on any atom is -0.382 e. The van der Waals surface area contributed by atoms with Crippen molar-refractivity contribution in [1.82, 2.24) is 20.0 Å². The van der Waals surface area contributed by atoms with E-state index in [1.165, 1.54) is 0 Å². The van der Waals surface area contributed by atoms with Crippen LogP contribution in [0.5, 0.6) is 0 Å². The highest BCUT2D eigenvalue weighted by Gasteiger charge is 2.16. The zero-order valence-electron chi connectivity index (χ0n) is 14.6. The molecule has 0 radical (unpaired) electrons. The first-order valence-electron chi connectivity index (χ1n) is 8.10. The lowest BCUT2D eigenvalue weighted by Crippen LogP contribution is -2.14. The normalized spacial score (nSPS) is 11.1. The fourth-order valence-corrected chi connectivity index (χ4v) is 2.67. The van der Waals surface area contributed by atoms with Crippen molar-refractivity contribution in [2.24, 2.45) is 0 Å². The summed E-state index contributed by atoms with van der Waals surface area (Å²) in [5.74, 6) is 1.58. The van der Waals surface area contributed by atoms with Gasteiger partial charge in [0.25, 0.3) is 0 Å². The monoisotopic (exact) mass is 317 g/mol. The highest BCUT2D eigenvalue weighted by Crippen LogP contribution is 2.26. The van der Waals surface area contributed by atoms with E-state index >= 15 is 0 Å². The van der Waals surface area contributed by atoms with Crippen LogP contribution in [0.15, 0.2) is 12.3 Å². The lowest BCUT2D eigenvalue weighted by Gasteiger charge is -2.12. The van der Waals surface area contributed by atoms with Crippen LogP contribution in [0, 0.1) is 13.8 Å². The van der Waals surface area contributed by atoms with Crippen LogP contribution in [-0.4, -0.2) is 21.1 Å². The summed E-state index contributed by atoms with van der Waals surface area (Å²) in [6.45, 7) is 13.3. The van der Waals surface area contributed by atoms with Crippen molar-refractivity contribution in [3.8, 4) is 0 Å². The number of hydrogen-bond acceptors (Lipinski definition) is 5. The molecule has 0 aliphatic carbocycles. The van der Waals surface area contributed by atoms with Crippen LogP contribution in [-0.2, 0) is 17.8 Å². The molecule has 0 saturated carbocycles. The van der Waals surface area contributed by atoms with Crippen LogP contribution in [0.3, 0.4) is 0 Å². The number of nitrogens with one attached hydrogen (secondary N) is 1. The number of nitrogen functional groups attached to an aromatic ring is 1. The standard InChI is InChI=1S/C17H27N5O/c1-6-8-14-20-15-16(12(4)13(5)19-17(15)18)22(14)9-7-10-23-21-11(2)3/h21H,2,6-10H2,1,3-5H3,(H2,18,19). The van der Waals surface area contributed by atoms with Crippen LogP contribution in [0.1, 0.15) is 43.8 Å². The Morgan fingerprint density at radius 3 is 2.74 bits per heavy atom. The highest BCUT2D eigenvalue weighted by atomic mass is 16.6. The van der Waals surface area contributed by atoms with E-state index in [1.807, 2.05) is 13.8 Å². The minimum absolute atomic E-state index is 0.513. The van der Waals surface area contributed by atoms with Crippen LogP contribution >= 0.6 is 0 Å². The van der Waals surface area contributed by atoms with Gasteiger partial charge in [-0.15, -0.1) is 0 Å². The molecular formula is C17H27N5O. The maximum atomic E-state index is 6.08. The Bertz CT molecular complexity index is 705. The molecule has 0 aliphatic rings. The van der Waals surface area contributed by atoms with Gasteiger partial charge >= 0.3 is 0 Å². The first-order chi connectivity index (χ1) is 11.0. The molecule has 0 saturated heterocycles. The first kappa shape index (κ1) is 17.3. The second kappa shape index (κ2) is 7.46. The van der Waals surface area contributed by atoms with Gasteiger partial charge in [-0.05, 0) is 39.2 Å². The number of pyridine rings is 1. The van der Waals surface area contributed by atoms with Crippen molar-refractivity contribution in [3.63, 3.8) is 0 Å². The van der Waals surface area contributed by atoms with Crippen LogP contribution < -0.4 is 11.2 Å². The number of hydrogen-bond donors (Lipinski definition) is 2. The number of aromatic nitrogens is 3. The fraction of sp³-hybridized carbons (Fsp3) is 0.529. The molecule has 6 heteroatoms. The molecule has 2 heterocycles. The number of aryl methyl sites for hydroxylation is 4. The van der Waals surface area contributed by atoms with Crippen LogP contribution in [0.2, 0.25) is 0 Å². The maximum absolute atomic E-state index is 6.08. The highest BCUT2D eigenvalue weighted by molar-refractivity contribution is 5.88. The smallest absolute Gasteiger partial charge is 0.151 e. The van der Waals surface area contributed by atoms with Crippen LogP contribution in [0.25, 0.3) is 11.0 Å². The largest absolute Gasteiger partial charge is 0.382 e. The van der Waals surface area contributed by atoms with Gasteiger partial charge in [0, 0.05) is 24.4 Å². The number of fused-ring (bicyclic) bond motifs is 1. The number of anilines is 1. The molecule has 6 nitrogen and oxygen atoms in total. The Hall–Kier alpha value is -2.08. The average Bonchev–Trinajstić information content (AvgIpc) is 2.84. The third-order valence-electron chi connectivity index (χ3n) is 3.82. The molecule has 2 rings (SSSR count). The van der Waals surface area contributed by atoms with Gasteiger partial charge < -0.3 is 10.3 Å². The predicted molar refractivity (Wildman–Crippen MR) is 93.9 cm³/mol. The Morgan fingerprint density at radius 1 is 1.35 bits per heavy atom. The Morgan fingerprint density at radius 2 is 2.09 bits per heavy atom. The molecule has 0 spiro atoms. The number of nitrogens with zero attached hydrogens (tertiary/aromatic N) is 3. The number of imidazole rings is 1. The molecule has 23 heavy (non-hydrogen) atoms. The maximum Gasteiger partial charge on any atom is 0.151 e. The van der Waals surface area contributed by atoms with E-state index in [4.69, 9.17) is 15.6 Å². The average molecular weight is 317 g/mol. The molecule has 0 unspecified atom stereocenters. The molecule has 0 atom stereocenters. The van der Waals surface area contributed by atoms with Gasteiger partial charge in [-0.1, -0.05) is 13.5 Å². The van der Waals surface area contributed by atoms with Gasteiger partial charge in [0.05, 0.1) is 12.1 Å². The third-order valence-corrected chi connectivity index (χ3v) is 3.82. The summed E-state index contributed by atoms with van der Waals surface area (Å²) in [6.07, 6.45) is 2.85. The Kier molecular flexibility index (Phi) is 5.60. The summed E-state index contributed by atoms with van der Waals surface area (Å²) < 4.78 is 2.27. The topological polar surface area (TPSA) is 78.0 Å². The number of hydroxylamine groups is 1. The quantitative estimate of drug-likeness (QED) is 0.578. The Labute approximate surface area is 137 Å². The van der Waals surface area contributed by atoms with Crippen molar-refractivity contribution >= 4 is 16.9 Å². The van der Waals surface area contributed by atoms with Crippen molar-refractivity contribution < 1.29 is 4.84 Å². The third kappa shape index (κ3) is 3.82. The van der Waals surface area contributed by atoms with E-state index < -0.39 is 0 Å². The van der Waals surface area contributed by atoms with Gasteiger partial charge in [-0.25, -0.2) is 9.97 Å². The number of allylic oxidation sites excluding steroid dienone is 1. The van der Waals surface area contributed by atoms with Crippen molar-refractivity contribution in [1.29, 1.82) is 0 Å². The van der Waals surface area contributed by atoms with E-state index in [1.54, 1.807) is 0 Å². The molecule has 0 aromatic carbocycles. The summed E-state index contributed by atoms with van der Waals surface area (Å²) >= 11 is 0. The van der Waals surface area contributed by atoms with Gasteiger partial charge in [-0.2, -0.15) is 0 Å². The van der Waals surface area contributed by atoms with Crippen molar-refractivity contribution in [2.45, 2.75) is 53.5 Å². The predicted octanol–water partition coefficient (Wildman–Crippen LogP) is 3.03. The van der Waals surface area contributed by atoms with Crippen molar-refractivity contribution in [3.05, 3.63) is 29.4 Å². The van der Waals surface area contributed by atoms with Crippen LogP contribution in [0.4, 0.5) is 5.82 Å².